The summed E-state index contributed by atoms with van der Waals surface area (Å²) < 4.78 is 13.7. The Morgan fingerprint density at radius 2 is 0.643 bits per heavy atom. The molecule has 0 bridgehead atoms. The van der Waals surface area contributed by atoms with Gasteiger partial charge in [-0.25, -0.2) is 9.13 Å². The highest BCUT2D eigenvalue weighted by molar-refractivity contribution is 5.98. The number of benzene rings is 5. The largest absolute Gasteiger partial charge is 0.457 e. The van der Waals surface area contributed by atoms with Crippen molar-refractivity contribution in [3.63, 3.8) is 0 Å². The third kappa shape index (κ3) is 4.18. The number of ether oxygens (including phenoxy) is 2. The van der Waals surface area contributed by atoms with E-state index >= 15 is 0 Å². The van der Waals surface area contributed by atoms with Crippen molar-refractivity contribution < 1.29 is 9.47 Å². The normalized spacial score (nSPS) is 11.2. The van der Waals surface area contributed by atoms with Crippen LogP contribution in [0, 0.1) is 0 Å². The Hall–Kier alpha value is -6.02. The third-order valence-electron chi connectivity index (χ3n) is 7.04. The van der Waals surface area contributed by atoms with Crippen molar-refractivity contribution in [2.45, 2.75) is 0 Å². The molecule has 7 rings (SSSR count). The summed E-state index contributed by atoms with van der Waals surface area (Å²) in [5.74, 6) is 2.38. The van der Waals surface area contributed by atoms with Crippen molar-refractivity contribution in [2.24, 2.45) is 0 Å². The van der Waals surface area contributed by atoms with Crippen LogP contribution >= 0.6 is 0 Å². The molecule has 202 valence electrons. The summed E-state index contributed by atoms with van der Waals surface area (Å²) in [6, 6.07) is 34.2. The molecule has 2 aromatic heterocycles. The molecule has 2 heterocycles. The van der Waals surface area contributed by atoms with Crippen LogP contribution in [0.25, 0.3) is 32.9 Å². The Bertz CT molecular complexity index is 2050. The summed E-state index contributed by atoms with van der Waals surface area (Å²) in [6.07, 6.45) is 0. The van der Waals surface area contributed by atoms with Gasteiger partial charge in [0.1, 0.15) is 23.0 Å². The Kier molecular flexibility index (Phi) is 5.87. The van der Waals surface area contributed by atoms with Crippen LogP contribution in [0.1, 0.15) is 0 Å². The van der Waals surface area contributed by atoms with Crippen LogP contribution in [-0.4, -0.2) is 9.13 Å². The van der Waals surface area contributed by atoms with E-state index in [1.165, 1.54) is 12.1 Å². The Balaban J connectivity index is 1.25. The summed E-state index contributed by atoms with van der Waals surface area (Å²) >= 11 is 0. The molecule has 0 aliphatic rings. The minimum absolute atomic E-state index is 0.0676. The summed E-state index contributed by atoms with van der Waals surface area (Å²) in [5.41, 5.74) is -1.60. The van der Waals surface area contributed by atoms with Gasteiger partial charge >= 0.3 is 0 Å². The fraction of sp³-hybridized carbons (Fsp3) is 0. The number of para-hydroxylation sites is 2. The quantitative estimate of drug-likeness (QED) is 0.271. The van der Waals surface area contributed by atoms with E-state index in [1.54, 1.807) is 48.5 Å². The van der Waals surface area contributed by atoms with Crippen LogP contribution in [0.4, 0.5) is 0 Å². The van der Waals surface area contributed by atoms with Crippen LogP contribution in [0.3, 0.4) is 0 Å². The van der Waals surface area contributed by atoms with E-state index in [0.717, 1.165) is 9.13 Å². The molecule has 8 nitrogen and oxygen atoms in total. The van der Waals surface area contributed by atoms with Gasteiger partial charge in [-0.3, -0.25) is 19.2 Å². The monoisotopic (exact) mass is 552 g/mol. The number of hydrogen-bond acceptors (Lipinski definition) is 6. The molecular formula is C34H20N2O6. The fourth-order valence-corrected chi connectivity index (χ4v) is 5.02. The highest BCUT2D eigenvalue weighted by atomic mass is 16.5. The second-order valence-electron chi connectivity index (χ2n) is 9.65. The SMILES string of the molecule is O=c1c2cc3c(=O)n(-c4ccc(Oc5ccccc5)cc4)c(=O)c3cc2c(=O)n1-c1ccc(Oc2ccccc2)cc1. The molecule has 0 saturated heterocycles. The second kappa shape index (κ2) is 9.87. The zero-order chi connectivity index (χ0) is 28.8. The molecule has 7 aromatic rings. The molecule has 0 N–H and O–H groups in total. The van der Waals surface area contributed by atoms with E-state index in [2.05, 4.69) is 0 Å². The van der Waals surface area contributed by atoms with Gasteiger partial charge in [-0.1, -0.05) is 36.4 Å². The molecule has 0 spiro atoms. The predicted molar refractivity (Wildman–Crippen MR) is 161 cm³/mol. The molecule has 8 heteroatoms. The van der Waals surface area contributed by atoms with Gasteiger partial charge in [0, 0.05) is 0 Å². The second-order valence-corrected chi connectivity index (χ2v) is 9.65. The molecule has 0 fully saturated rings. The molecule has 5 aromatic carbocycles. The van der Waals surface area contributed by atoms with Gasteiger partial charge in [0.05, 0.1) is 32.9 Å². The van der Waals surface area contributed by atoms with Gasteiger partial charge in [-0.15, -0.1) is 0 Å². The lowest BCUT2D eigenvalue weighted by Crippen LogP contribution is -2.24. The van der Waals surface area contributed by atoms with E-state index in [-0.39, 0.29) is 21.5 Å². The molecule has 0 aliphatic carbocycles. The number of rotatable bonds is 6. The minimum Gasteiger partial charge on any atom is -0.457 e. The Morgan fingerprint density at radius 1 is 0.357 bits per heavy atom. The molecule has 0 amide bonds. The van der Waals surface area contributed by atoms with E-state index in [1.807, 2.05) is 60.7 Å². The zero-order valence-corrected chi connectivity index (χ0v) is 21.9. The van der Waals surface area contributed by atoms with Gasteiger partial charge in [0.25, 0.3) is 22.2 Å². The topological polar surface area (TPSA) is 96.6 Å². The summed E-state index contributed by atoms with van der Waals surface area (Å²) in [7, 11) is 0. The Labute approximate surface area is 237 Å². The van der Waals surface area contributed by atoms with E-state index in [0.29, 0.717) is 34.4 Å². The molecule has 0 saturated carbocycles. The van der Waals surface area contributed by atoms with Crippen LogP contribution in [0.5, 0.6) is 23.0 Å². The first kappa shape index (κ1) is 25.0. The lowest BCUT2D eigenvalue weighted by molar-refractivity contribution is 0.482. The zero-order valence-electron chi connectivity index (χ0n) is 21.9. The average molecular weight is 553 g/mol. The van der Waals surface area contributed by atoms with Crippen LogP contribution in [-0.2, 0) is 0 Å². The first-order valence-corrected chi connectivity index (χ1v) is 13.1. The van der Waals surface area contributed by atoms with Crippen LogP contribution < -0.4 is 31.7 Å². The molecule has 0 aliphatic heterocycles. The maximum atomic E-state index is 13.4. The highest BCUT2D eigenvalue weighted by Gasteiger charge is 2.21. The Morgan fingerprint density at radius 3 is 0.952 bits per heavy atom. The summed E-state index contributed by atoms with van der Waals surface area (Å²) in [6.45, 7) is 0. The van der Waals surface area contributed by atoms with Crippen molar-refractivity contribution in [3.8, 4) is 34.4 Å². The molecular weight excluding hydrogens is 532 g/mol. The van der Waals surface area contributed by atoms with Gasteiger partial charge in [0.2, 0.25) is 0 Å². The van der Waals surface area contributed by atoms with Crippen molar-refractivity contribution in [1.29, 1.82) is 0 Å². The first-order chi connectivity index (χ1) is 20.5. The van der Waals surface area contributed by atoms with Crippen molar-refractivity contribution in [1.82, 2.24) is 9.13 Å². The lowest BCUT2D eigenvalue weighted by atomic mass is 10.1. The highest BCUT2D eigenvalue weighted by Crippen LogP contribution is 2.24. The van der Waals surface area contributed by atoms with Crippen LogP contribution in [0.2, 0.25) is 0 Å². The van der Waals surface area contributed by atoms with Gasteiger partial charge in [-0.05, 0) is 84.9 Å². The molecule has 0 unspecified atom stereocenters. The van der Waals surface area contributed by atoms with E-state index in [9.17, 15) is 19.2 Å². The van der Waals surface area contributed by atoms with Crippen molar-refractivity contribution in [3.05, 3.63) is 163 Å². The van der Waals surface area contributed by atoms with Crippen molar-refractivity contribution >= 4 is 21.5 Å². The maximum absolute atomic E-state index is 13.4. The average Bonchev–Trinajstić information content (AvgIpc) is 3.41. The number of hydrogen-bond donors (Lipinski definition) is 0. The first-order valence-electron chi connectivity index (χ1n) is 13.1. The molecule has 0 radical (unpaired) electrons. The minimum atomic E-state index is -0.573. The predicted octanol–water partition coefficient (Wildman–Crippen LogP) is 5.48. The third-order valence-corrected chi connectivity index (χ3v) is 7.04. The lowest BCUT2D eigenvalue weighted by Gasteiger charge is -2.06. The van der Waals surface area contributed by atoms with E-state index in [4.69, 9.17) is 9.47 Å². The fourth-order valence-electron chi connectivity index (χ4n) is 5.02. The number of fused-ring (bicyclic) bond motifs is 2. The summed E-state index contributed by atoms with van der Waals surface area (Å²) in [5, 5.41) is 0.270. The van der Waals surface area contributed by atoms with Crippen molar-refractivity contribution in [2.75, 3.05) is 0 Å². The number of nitrogens with zero attached hydrogens (tertiary/aromatic N) is 2. The van der Waals surface area contributed by atoms with Gasteiger partial charge < -0.3 is 9.47 Å². The maximum Gasteiger partial charge on any atom is 0.266 e. The molecule has 42 heavy (non-hydrogen) atoms. The smallest absolute Gasteiger partial charge is 0.266 e. The van der Waals surface area contributed by atoms with Gasteiger partial charge in [0.15, 0.2) is 0 Å². The molecule has 0 atom stereocenters. The van der Waals surface area contributed by atoms with Gasteiger partial charge in [-0.2, -0.15) is 0 Å². The van der Waals surface area contributed by atoms with Crippen LogP contribution in [0.15, 0.2) is 141 Å². The van der Waals surface area contributed by atoms with E-state index < -0.39 is 22.2 Å². The summed E-state index contributed by atoms with van der Waals surface area (Å²) in [4.78, 5) is 53.4. The standard InChI is InChI=1S/C34H20N2O6/c37-31-27-19-29-30(34(40)36(33(29)39)22-13-17-26(18-14-22)42-24-9-5-2-6-10-24)20-28(27)32(38)35(31)21-11-15-25(16-12-21)41-23-7-3-1-4-8-23/h1-20H. The number of aromatic nitrogens is 2.